The van der Waals surface area contributed by atoms with Crippen LogP contribution in [-0.2, 0) is 0 Å². The normalized spacial score (nSPS) is 17.9. The van der Waals surface area contributed by atoms with Gasteiger partial charge in [0.05, 0.1) is 0 Å². The van der Waals surface area contributed by atoms with Gasteiger partial charge in [0, 0.05) is 22.2 Å². The quantitative estimate of drug-likeness (QED) is 0.871. The van der Waals surface area contributed by atoms with E-state index in [2.05, 4.69) is 40.3 Å². The van der Waals surface area contributed by atoms with Crippen LogP contribution in [0, 0.1) is 6.92 Å². The van der Waals surface area contributed by atoms with E-state index >= 15 is 0 Å². The highest BCUT2D eigenvalue weighted by molar-refractivity contribution is 9.10. The highest BCUT2D eigenvalue weighted by atomic mass is 79.9. The zero-order chi connectivity index (χ0) is 10.2. The summed E-state index contributed by atoms with van der Waals surface area (Å²) >= 11 is 3.45. The van der Waals surface area contributed by atoms with Gasteiger partial charge < -0.3 is 11.1 Å². The van der Waals surface area contributed by atoms with Gasteiger partial charge >= 0.3 is 0 Å². The molecule has 0 unspecified atom stereocenters. The molecule has 1 saturated carbocycles. The summed E-state index contributed by atoms with van der Waals surface area (Å²) in [7, 11) is 0. The number of anilines is 1. The molecule has 0 spiro atoms. The van der Waals surface area contributed by atoms with E-state index in [0.717, 1.165) is 23.9 Å². The molecule has 0 aliphatic heterocycles. The Kier molecular flexibility index (Phi) is 2.54. The molecule has 14 heavy (non-hydrogen) atoms. The molecule has 2 nitrogen and oxygen atoms in total. The Morgan fingerprint density at radius 1 is 1.50 bits per heavy atom. The zero-order valence-electron chi connectivity index (χ0n) is 8.31. The van der Waals surface area contributed by atoms with Crippen molar-refractivity contribution < 1.29 is 0 Å². The van der Waals surface area contributed by atoms with Crippen LogP contribution in [0.25, 0.3) is 0 Å². The molecule has 1 aromatic rings. The molecule has 76 valence electrons. The lowest BCUT2D eigenvalue weighted by Gasteiger charge is -2.13. The van der Waals surface area contributed by atoms with Crippen molar-refractivity contribution >= 4 is 21.6 Å². The van der Waals surface area contributed by atoms with Gasteiger partial charge in [-0.05, 0) is 43.5 Å². The van der Waals surface area contributed by atoms with Gasteiger partial charge in [0.25, 0.3) is 0 Å². The van der Waals surface area contributed by atoms with Crippen LogP contribution in [0.2, 0.25) is 0 Å². The Morgan fingerprint density at radius 3 is 2.79 bits per heavy atom. The second-order valence-electron chi connectivity index (χ2n) is 4.18. The molecule has 1 aromatic carbocycles. The summed E-state index contributed by atoms with van der Waals surface area (Å²) in [5.41, 5.74) is 8.51. The zero-order valence-corrected chi connectivity index (χ0v) is 9.89. The topological polar surface area (TPSA) is 38.0 Å². The van der Waals surface area contributed by atoms with E-state index in [1.54, 1.807) is 0 Å². The minimum Gasteiger partial charge on any atom is -0.383 e. The van der Waals surface area contributed by atoms with E-state index in [9.17, 15) is 0 Å². The summed E-state index contributed by atoms with van der Waals surface area (Å²) in [6.07, 6.45) is 2.30. The Labute approximate surface area is 93.0 Å². The van der Waals surface area contributed by atoms with Crippen molar-refractivity contribution in [3.63, 3.8) is 0 Å². The van der Waals surface area contributed by atoms with Crippen molar-refractivity contribution in [1.29, 1.82) is 0 Å². The van der Waals surface area contributed by atoms with Crippen molar-refractivity contribution in [2.45, 2.75) is 25.3 Å². The molecule has 1 aliphatic carbocycles. The van der Waals surface area contributed by atoms with E-state index < -0.39 is 0 Å². The fourth-order valence-corrected chi connectivity index (χ4v) is 1.91. The minimum absolute atomic E-state index is 0.0690. The first-order valence-corrected chi connectivity index (χ1v) is 5.67. The predicted molar refractivity (Wildman–Crippen MR) is 63.5 cm³/mol. The van der Waals surface area contributed by atoms with Crippen molar-refractivity contribution in [3.05, 3.63) is 28.2 Å². The van der Waals surface area contributed by atoms with Crippen LogP contribution in [0.3, 0.4) is 0 Å². The summed E-state index contributed by atoms with van der Waals surface area (Å²) in [5, 5.41) is 3.40. The van der Waals surface area contributed by atoms with Crippen molar-refractivity contribution in [1.82, 2.24) is 0 Å². The van der Waals surface area contributed by atoms with Gasteiger partial charge in [-0.25, -0.2) is 0 Å². The van der Waals surface area contributed by atoms with Gasteiger partial charge in [-0.1, -0.05) is 15.9 Å². The third-order valence-electron chi connectivity index (χ3n) is 2.71. The average molecular weight is 255 g/mol. The van der Waals surface area contributed by atoms with Crippen LogP contribution in [-0.4, -0.2) is 12.1 Å². The molecule has 0 radical (unpaired) electrons. The maximum Gasteiger partial charge on any atom is 0.0371 e. The first-order chi connectivity index (χ1) is 6.59. The Bertz CT molecular complexity index is 345. The molecule has 2 rings (SSSR count). The highest BCUT2D eigenvalue weighted by Gasteiger charge is 2.37. The van der Waals surface area contributed by atoms with E-state index in [4.69, 9.17) is 5.73 Å². The van der Waals surface area contributed by atoms with Gasteiger partial charge in [-0.2, -0.15) is 0 Å². The van der Waals surface area contributed by atoms with E-state index in [0.29, 0.717) is 0 Å². The van der Waals surface area contributed by atoms with Crippen molar-refractivity contribution in [2.75, 3.05) is 11.9 Å². The molecule has 0 aromatic heterocycles. The molecule has 0 saturated heterocycles. The summed E-state index contributed by atoms with van der Waals surface area (Å²) in [6.45, 7) is 2.98. The third kappa shape index (κ3) is 2.28. The number of rotatable bonds is 3. The second-order valence-corrected chi connectivity index (χ2v) is 5.09. The van der Waals surface area contributed by atoms with E-state index in [1.165, 1.54) is 11.3 Å². The SMILES string of the molecule is Cc1cc(Br)ccc1NCC1(N)CC1. The molecule has 3 N–H and O–H groups in total. The molecule has 0 heterocycles. The number of hydrogen-bond acceptors (Lipinski definition) is 2. The van der Waals surface area contributed by atoms with Crippen LogP contribution in [0.1, 0.15) is 18.4 Å². The summed E-state index contributed by atoms with van der Waals surface area (Å²) in [5.74, 6) is 0. The molecule has 0 amide bonds. The Hall–Kier alpha value is -0.540. The Balaban J connectivity index is 2.02. The average Bonchev–Trinajstić information content (AvgIpc) is 2.83. The largest absolute Gasteiger partial charge is 0.383 e. The van der Waals surface area contributed by atoms with Crippen LogP contribution in [0.4, 0.5) is 5.69 Å². The molecule has 3 heteroatoms. The van der Waals surface area contributed by atoms with E-state index in [-0.39, 0.29) is 5.54 Å². The molecular weight excluding hydrogens is 240 g/mol. The van der Waals surface area contributed by atoms with Gasteiger partial charge in [0.15, 0.2) is 0 Å². The summed E-state index contributed by atoms with van der Waals surface area (Å²) in [4.78, 5) is 0. The predicted octanol–water partition coefficient (Wildman–Crippen LogP) is 2.66. The fourth-order valence-electron chi connectivity index (χ4n) is 1.43. The van der Waals surface area contributed by atoms with E-state index in [1.807, 2.05) is 6.07 Å². The van der Waals surface area contributed by atoms with Crippen LogP contribution in [0.15, 0.2) is 22.7 Å². The monoisotopic (exact) mass is 254 g/mol. The molecule has 0 bridgehead atoms. The maximum absolute atomic E-state index is 6.00. The first kappa shape index (κ1) is 9.99. The third-order valence-corrected chi connectivity index (χ3v) is 3.20. The number of halogens is 1. The smallest absolute Gasteiger partial charge is 0.0371 e. The lowest BCUT2D eigenvalue weighted by molar-refractivity contribution is 0.713. The van der Waals surface area contributed by atoms with Gasteiger partial charge in [-0.3, -0.25) is 0 Å². The first-order valence-electron chi connectivity index (χ1n) is 4.88. The maximum atomic E-state index is 6.00. The minimum atomic E-state index is 0.0690. The van der Waals surface area contributed by atoms with Gasteiger partial charge in [-0.15, -0.1) is 0 Å². The number of aryl methyl sites for hydroxylation is 1. The lowest BCUT2D eigenvalue weighted by atomic mass is 10.2. The van der Waals surface area contributed by atoms with Gasteiger partial charge in [0.2, 0.25) is 0 Å². The van der Waals surface area contributed by atoms with Crippen molar-refractivity contribution in [2.24, 2.45) is 5.73 Å². The molecule has 1 fully saturated rings. The number of nitrogens with two attached hydrogens (primary N) is 1. The fraction of sp³-hybridized carbons (Fsp3) is 0.455. The van der Waals surface area contributed by atoms with Crippen LogP contribution < -0.4 is 11.1 Å². The standard InChI is InChI=1S/C11H15BrN2/c1-8-6-9(12)2-3-10(8)14-7-11(13)4-5-11/h2-3,6,14H,4-5,7,13H2,1H3. The molecule has 0 atom stereocenters. The van der Waals surface area contributed by atoms with Gasteiger partial charge in [0.1, 0.15) is 0 Å². The molecule has 1 aliphatic rings. The summed E-state index contributed by atoms with van der Waals surface area (Å²) in [6, 6.07) is 6.25. The highest BCUT2D eigenvalue weighted by Crippen LogP contribution is 2.32. The molecular formula is C11H15BrN2. The van der Waals surface area contributed by atoms with Crippen LogP contribution >= 0.6 is 15.9 Å². The Morgan fingerprint density at radius 2 is 2.21 bits per heavy atom. The number of hydrogen-bond donors (Lipinski definition) is 2. The van der Waals surface area contributed by atoms with Crippen LogP contribution in [0.5, 0.6) is 0 Å². The lowest BCUT2D eigenvalue weighted by Crippen LogP contribution is -2.31. The number of benzene rings is 1. The summed E-state index contributed by atoms with van der Waals surface area (Å²) < 4.78 is 1.12. The second kappa shape index (κ2) is 3.55. The van der Waals surface area contributed by atoms with Crippen molar-refractivity contribution in [3.8, 4) is 0 Å². The number of nitrogens with one attached hydrogen (secondary N) is 1.